The van der Waals surface area contributed by atoms with Crippen LogP contribution < -0.4 is 0 Å². The average molecular weight is 1240 g/mol. The Balaban J connectivity index is 0.510. The van der Waals surface area contributed by atoms with Crippen LogP contribution in [-0.2, 0) is 10.8 Å². The van der Waals surface area contributed by atoms with Crippen LogP contribution in [0.5, 0.6) is 0 Å². The molecular formula is C98H66. The fourth-order valence-corrected chi connectivity index (χ4v) is 17.4. The van der Waals surface area contributed by atoms with Crippen LogP contribution in [0.1, 0.15) is 49.9 Å². The topological polar surface area (TPSA) is 0 Å². The van der Waals surface area contributed by atoms with Crippen LogP contribution in [0.2, 0.25) is 0 Å². The lowest BCUT2D eigenvalue weighted by molar-refractivity contribution is 0.660. The van der Waals surface area contributed by atoms with Crippen LogP contribution in [0.3, 0.4) is 0 Å². The molecule has 0 bridgehead atoms. The van der Waals surface area contributed by atoms with Crippen LogP contribution >= 0.6 is 0 Å². The fourth-order valence-electron chi connectivity index (χ4n) is 17.4. The molecule has 98 heavy (non-hydrogen) atoms. The van der Waals surface area contributed by atoms with Gasteiger partial charge in [0.15, 0.2) is 0 Å². The van der Waals surface area contributed by atoms with Gasteiger partial charge in [0.05, 0.1) is 0 Å². The molecule has 0 atom stereocenters. The second kappa shape index (κ2) is 21.3. The van der Waals surface area contributed by atoms with Gasteiger partial charge in [-0.25, -0.2) is 0 Å². The van der Waals surface area contributed by atoms with Crippen molar-refractivity contribution in [2.24, 2.45) is 0 Å². The van der Waals surface area contributed by atoms with E-state index < -0.39 is 0 Å². The van der Waals surface area contributed by atoms with Gasteiger partial charge < -0.3 is 0 Å². The summed E-state index contributed by atoms with van der Waals surface area (Å²) >= 11 is 0. The Morgan fingerprint density at radius 3 is 0.673 bits per heavy atom. The lowest BCUT2D eigenvalue weighted by atomic mass is 9.79. The van der Waals surface area contributed by atoms with E-state index in [0.717, 1.165) is 0 Å². The molecular weight excluding hydrogens is 1180 g/mol. The third-order valence-electron chi connectivity index (χ3n) is 22.7. The van der Waals surface area contributed by atoms with Gasteiger partial charge in [-0.05, 0) is 247 Å². The normalized spacial score (nSPS) is 13.5. The Hall–Kier alpha value is -12.0. The average Bonchev–Trinajstić information content (AvgIpc) is 1.59. The van der Waals surface area contributed by atoms with Gasteiger partial charge in [-0.1, -0.05) is 319 Å². The molecule has 0 fully saturated rings. The van der Waals surface area contributed by atoms with E-state index in [2.05, 4.69) is 355 Å². The highest BCUT2D eigenvalue weighted by molar-refractivity contribution is 6.20. The molecule has 0 saturated heterocycles. The zero-order valence-corrected chi connectivity index (χ0v) is 55.2. The summed E-state index contributed by atoms with van der Waals surface area (Å²) in [6.07, 6.45) is 0. The van der Waals surface area contributed by atoms with E-state index in [1.807, 2.05) is 0 Å². The first kappa shape index (κ1) is 56.4. The van der Waals surface area contributed by atoms with E-state index >= 15 is 0 Å². The van der Waals surface area contributed by atoms with Crippen LogP contribution in [-0.4, -0.2) is 0 Å². The first-order chi connectivity index (χ1) is 48.1. The summed E-state index contributed by atoms with van der Waals surface area (Å²) in [6.45, 7) is 9.62. The van der Waals surface area contributed by atoms with Crippen molar-refractivity contribution in [1.82, 2.24) is 0 Å². The van der Waals surface area contributed by atoms with Gasteiger partial charge in [-0.15, -0.1) is 0 Å². The van der Waals surface area contributed by atoms with Crippen LogP contribution in [0, 0.1) is 0 Å². The molecule has 0 radical (unpaired) electrons. The highest BCUT2D eigenvalue weighted by Gasteiger charge is 2.38. The quantitative estimate of drug-likeness (QED) is 0.135. The molecule has 0 heteroatoms. The van der Waals surface area contributed by atoms with Crippen molar-refractivity contribution in [2.75, 3.05) is 0 Å². The Morgan fingerprint density at radius 2 is 0.367 bits per heavy atom. The summed E-state index contributed by atoms with van der Waals surface area (Å²) in [5.41, 5.74) is 43.4. The van der Waals surface area contributed by atoms with Gasteiger partial charge in [0, 0.05) is 10.8 Å². The summed E-state index contributed by atoms with van der Waals surface area (Å²) in [5, 5.41) is 5.34. The van der Waals surface area contributed by atoms with Crippen molar-refractivity contribution in [2.45, 2.75) is 38.5 Å². The number of fused-ring (bicyclic) bond motifs is 12. The summed E-state index contributed by atoms with van der Waals surface area (Å²) in [7, 11) is 0. The molecule has 458 valence electrons. The molecule has 20 rings (SSSR count). The summed E-state index contributed by atoms with van der Waals surface area (Å²) < 4.78 is 0. The molecule has 4 aliphatic carbocycles. The Kier molecular flexibility index (Phi) is 12.2. The number of rotatable bonds is 9. The minimum absolute atomic E-state index is 0.171. The molecule has 0 amide bonds. The highest BCUT2D eigenvalue weighted by atomic mass is 14.4. The molecule has 0 aromatic heterocycles. The van der Waals surface area contributed by atoms with E-state index in [4.69, 9.17) is 0 Å². The Bertz CT molecular complexity index is 6020. The second-order valence-electron chi connectivity index (χ2n) is 28.6. The third kappa shape index (κ3) is 8.57. The van der Waals surface area contributed by atoms with E-state index in [9.17, 15) is 0 Å². The van der Waals surface area contributed by atoms with E-state index in [1.54, 1.807) is 0 Å². The zero-order valence-electron chi connectivity index (χ0n) is 55.2. The Morgan fingerprint density at radius 1 is 0.143 bits per heavy atom. The monoisotopic (exact) mass is 1240 g/mol. The molecule has 16 aromatic carbocycles. The van der Waals surface area contributed by atoms with Gasteiger partial charge in [-0.3, -0.25) is 0 Å². The van der Waals surface area contributed by atoms with Crippen molar-refractivity contribution in [3.63, 3.8) is 0 Å². The number of hydrogen-bond acceptors (Lipinski definition) is 0. The van der Waals surface area contributed by atoms with E-state index in [0.29, 0.717) is 0 Å². The van der Waals surface area contributed by atoms with Gasteiger partial charge >= 0.3 is 0 Å². The second-order valence-corrected chi connectivity index (χ2v) is 28.6. The predicted octanol–water partition coefficient (Wildman–Crippen LogP) is 26.9. The lowest BCUT2D eigenvalue weighted by Crippen LogP contribution is -2.15. The van der Waals surface area contributed by atoms with Gasteiger partial charge in [-0.2, -0.15) is 0 Å². The first-order valence-electron chi connectivity index (χ1n) is 34.6. The molecule has 4 aliphatic rings. The molecule has 0 aliphatic heterocycles. The number of hydrogen-bond donors (Lipinski definition) is 0. The lowest BCUT2D eigenvalue weighted by Gasteiger charge is -2.24. The smallest absolute Gasteiger partial charge is 0.0159 e. The van der Waals surface area contributed by atoms with Gasteiger partial charge in [0.25, 0.3) is 0 Å². The Labute approximate surface area is 573 Å². The minimum Gasteiger partial charge on any atom is -0.0622 e. The molecule has 0 unspecified atom stereocenters. The first-order valence-corrected chi connectivity index (χ1v) is 34.6. The summed E-state index contributed by atoms with van der Waals surface area (Å²) in [6, 6.07) is 123. The van der Waals surface area contributed by atoms with Gasteiger partial charge in [0.2, 0.25) is 0 Å². The SMILES string of the molecule is CC1(C)c2cc(-c3ccc(-c4ccc(-c5ccc(-c6ccc7c(c6)-c6cccc8c(-c9ccccc9)ccc-7c68)cc5)cc4)cc3)ccc2-c2ccc(-c3ccc4c(c3)C(C)(C)c3cc(-c5ccc(-c6ccc7c(c6)-c6cccc8c(-c9ccccc9)ccc-7c68)cc5)ccc3-4)cc21. The fraction of sp³-hybridized carbons (Fsp3) is 0.0612. The predicted molar refractivity (Wildman–Crippen MR) is 414 cm³/mol. The molecule has 0 nitrogen and oxygen atoms in total. The van der Waals surface area contributed by atoms with Crippen molar-refractivity contribution >= 4 is 21.5 Å². The maximum absolute atomic E-state index is 2.48. The maximum atomic E-state index is 2.48. The minimum atomic E-state index is -0.172. The van der Waals surface area contributed by atoms with Crippen LogP contribution in [0.15, 0.2) is 328 Å². The summed E-state index contributed by atoms with van der Waals surface area (Å²) in [5.74, 6) is 0. The zero-order chi connectivity index (χ0) is 65.1. The van der Waals surface area contributed by atoms with Crippen LogP contribution in [0.25, 0.3) is 188 Å². The highest BCUT2D eigenvalue weighted by Crippen LogP contribution is 2.56. The molecule has 0 heterocycles. The molecule has 0 spiro atoms. The van der Waals surface area contributed by atoms with Crippen molar-refractivity contribution < 1.29 is 0 Å². The van der Waals surface area contributed by atoms with Gasteiger partial charge in [0.1, 0.15) is 0 Å². The molecule has 16 aromatic rings. The van der Waals surface area contributed by atoms with Crippen molar-refractivity contribution in [1.29, 1.82) is 0 Å². The number of benzene rings is 16. The van der Waals surface area contributed by atoms with E-state index in [-0.39, 0.29) is 10.8 Å². The molecule has 0 N–H and O–H groups in total. The largest absolute Gasteiger partial charge is 0.0622 e. The van der Waals surface area contributed by atoms with E-state index in [1.165, 1.54) is 211 Å². The van der Waals surface area contributed by atoms with Crippen LogP contribution in [0.4, 0.5) is 0 Å². The maximum Gasteiger partial charge on any atom is 0.0159 e. The molecule has 0 saturated carbocycles. The third-order valence-corrected chi connectivity index (χ3v) is 22.7. The standard InChI is InChI=1S/C98H66/c1-97(2)91-55-71(65-31-27-62(28-32-65)60-23-21-59(22-24-60)61-25-29-63(30-26-61)69-37-43-77-87-51-49-75(67-13-7-5-8-14-67)83-17-11-19-85(95(83)87)89(77)53-69)39-45-79(91)81-47-41-73(57-93(81)97)74-42-48-82-80-46-40-72(56-92(80)98(3,4)94(82)58-74)66-35-33-64(34-36-66)70-38-44-78-88-52-50-76(68-15-9-6-10-16-68)84-18-12-20-86(96(84)88)90(78)54-70/h5-58H,1-4H3. The van der Waals surface area contributed by atoms with Crippen molar-refractivity contribution in [3.05, 3.63) is 350 Å². The van der Waals surface area contributed by atoms with Crippen molar-refractivity contribution in [3.8, 4) is 167 Å². The summed E-state index contributed by atoms with van der Waals surface area (Å²) in [4.78, 5) is 0.